The predicted molar refractivity (Wildman–Crippen MR) is 117 cm³/mol. The van der Waals surface area contributed by atoms with E-state index in [-0.39, 0.29) is 18.2 Å². The van der Waals surface area contributed by atoms with Crippen LogP contribution in [-0.2, 0) is 16.0 Å². The zero-order valence-corrected chi connectivity index (χ0v) is 16.6. The first-order valence-electron chi connectivity index (χ1n) is 9.31. The number of para-hydroxylation sites is 3. The molecule has 0 saturated heterocycles. The highest BCUT2D eigenvalue weighted by molar-refractivity contribution is 6.00. The van der Waals surface area contributed by atoms with Crippen molar-refractivity contribution in [3.05, 3.63) is 91.0 Å². The summed E-state index contributed by atoms with van der Waals surface area (Å²) in [4.78, 5) is 24.0. The third-order valence-electron chi connectivity index (χ3n) is 4.25. The molecule has 0 fully saturated rings. The summed E-state index contributed by atoms with van der Waals surface area (Å²) in [5.41, 5.74) is 1.93. The van der Waals surface area contributed by atoms with Gasteiger partial charge in [0.2, 0.25) is 11.8 Å². The highest BCUT2D eigenvalue weighted by Gasteiger charge is 2.10. The zero-order chi connectivity index (χ0) is 21.3. The Morgan fingerprint density at radius 3 is 2.27 bits per heavy atom. The molecular weight excluding hydrogens is 380 g/mol. The summed E-state index contributed by atoms with van der Waals surface area (Å²) in [6, 6.07) is 21.6. The lowest BCUT2D eigenvalue weighted by Crippen LogP contribution is -2.16. The van der Waals surface area contributed by atoms with Gasteiger partial charge in [-0.15, -0.1) is 0 Å². The van der Waals surface area contributed by atoms with Gasteiger partial charge >= 0.3 is 0 Å². The number of carbonyl (C=O) groups excluding carboxylic acids is 2. The first-order valence-corrected chi connectivity index (χ1v) is 9.31. The monoisotopic (exact) mass is 402 g/mol. The van der Waals surface area contributed by atoms with E-state index >= 15 is 0 Å². The van der Waals surface area contributed by atoms with Crippen LogP contribution >= 0.6 is 0 Å². The van der Waals surface area contributed by atoms with E-state index < -0.39 is 0 Å². The maximum Gasteiger partial charge on any atom is 0.247 e. The van der Waals surface area contributed by atoms with Crippen LogP contribution in [0, 0.1) is 0 Å². The Kier molecular flexibility index (Phi) is 6.84. The number of ether oxygens (including phenoxy) is 2. The molecule has 0 aliphatic carbocycles. The topological polar surface area (TPSA) is 76.7 Å². The van der Waals surface area contributed by atoms with E-state index in [4.69, 9.17) is 9.47 Å². The molecule has 0 aliphatic heterocycles. The summed E-state index contributed by atoms with van der Waals surface area (Å²) in [5.74, 6) is 1.34. The number of amides is 2. The van der Waals surface area contributed by atoms with Gasteiger partial charge in [0.25, 0.3) is 0 Å². The summed E-state index contributed by atoms with van der Waals surface area (Å²) < 4.78 is 11.1. The van der Waals surface area contributed by atoms with Crippen LogP contribution in [0.15, 0.2) is 85.5 Å². The minimum Gasteiger partial charge on any atom is -0.493 e. The van der Waals surface area contributed by atoms with Crippen molar-refractivity contribution in [3.63, 3.8) is 0 Å². The van der Waals surface area contributed by atoms with Crippen molar-refractivity contribution in [1.29, 1.82) is 0 Å². The summed E-state index contributed by atoms with van der Waals surface area (Å²) in [6.45, 7) is 3.44. The van der Waals surface area contributed by atoms with Crippen molar-refractivity contribution in [2.75, 3.05) is 17.7 Å². The fraction of sp³-hybridized carbons (Fsp3) is 0.0833. The highest BCUT2D eigenvalue weighted by Crippen LogP contribution is 2.31. The first kappa shape index (κ1) is 20.7. The summed E-state index contributed by atoms with van der Waals surface area (Å²) in [7, 11) is 1.59. The van der Waals surface area contributed by atoms with E-state index in [1.807, 2.05) is 30.3 Å². The molecule has 30 heavy (non-hydrogen) atoms. The van der Waals surface area contributed by atoms with E-state index in [0.29, 0.717) is 34.2 Å². The Bertz CT molecular complexity index is 1050. The fourth-order valence-corrected chi connectivity index (χ4v) is 2.79. The Labute approximate surface area is 175 Å². The van der Waals surface area contributed by atoms with Crippen LogP contribution in [0.4, 0.5) is 11.4 Å². The van der Waals surface area contributed by atoms with Gasteiger partial charge in [-0.25, -0.2) is 0 Å². The molecule has 0 aliphatic rings. The molecule has 152 valence electrons. The summed E-state index contributed by atoms with van der Waals surface area (Å²) >= 11 is 0. The molecule has 0 spiro atoms. The Hall–Kier alpha value is -4.06. The predicted octanol–water partition coefficient (Wildman–Crippen LogP) is 4.79. The standard InChI is InChI=1S/C24H22N2O4/c1-3-23(27)26-20-9-5-4-8-17(20)16-24(28)25-18-12-14-19(15-13-18)30-22-11-7-6-10-21(22)29-2/h3-15H,1,16H2,2H3,(H,25,28)(H,26,27). The van der Waals surface area contributed by atoms with Crippen molar-refractivity contribution in [2.24, 2.45) is 0 Å². The summed E-state index contributed by atoms with van der Waals surface area (Å²) in [5, 5.41) is 5.55. The van der Waals surface area contributed by atoms with Crippen LogP contribution in [0.25, 0.3) is 0 Å². The van der Waals surface area contributed by atoms with Gasteiger partial charge in [-0.05, 0) is 54.1 Å². The maximum atomic E-state index is 12.5. The number of methoxy groups -OCH3 is 1. The van der Waals surface area contributed by atoms with Crippen LogP contribution in [0.2, 0.25) is 0 Å². The van der Waals surface area contributed by atoms with E-state index in [1.165, 1.54) is 6.08 Å². The van der Waals surface area contributed by atoms with Gasteiger partial charge in [0.15, 0.2) is 11.5 Å². The van der Waals surface area contributed by atoms with Crippen LogP contribution in [0.5, 0.6) is 17.2 Å². The SMILES string of the molecule is C=CC(=O)Nc1ccccc1CC(=O)Nc1ccc(Oc2ccccc2OC)cc1. The molecule has 2 N–H and O–H groups in total. The smallest absolute Gasteiger partial charge is 0.247 e. The maximum absolute atomic E-state index is 12.5. The van der Waals surface area contributed by atoms with Crippen LogP contribution in [0.3, 0.4) is 0 Å². The second-order valence-corrected chi connectivity index (χ2v) is 6.35. The van der Waals surface area contributed by atoms with Crippen molar-refractivity contribution < 1.29 is 19.1 Å². The van der Waals surface area contributed by atoms with Gasteiger partial charge in [-0.2, -0.15) is 0 Å². The third kappa shape index (κ3) is 5.48. The molecule has 2 amide bonds. The molecule has 0 radical (unpaired) electrons. The first-order chi connectivity index (χ1) is 14.6. The van der Waals surface area contributed by atoms with Gasteiger partial charge < -0.3 is 20.1 Å². The number of rotatable bonds is 8. The molecular formula is C24H22N2O4. The van der Waals surface area contributed by atoms with Gasteiger partial charge in [-0.1, -0.05) is 36.9 Å². The molecule has 0 bridgehead atoms. The second kappa shape index (κ2) is 9.93. The summed E-state index contributed by atoms with van der Waals surface area (Å²) in [6.07, 6.45) is 1.30. The van der Waals surface area contributed by atoms with Gasteiger partial charge in [0.1, 0.15) is 5.75 Å². The molecule has 0 unspecified atom stereocenters. The van der Waals surface area contributed by atoms with Crippen LogP contribution < -0.4 is 20.1 Å². The average Bonchev–Trinajstić information content (AvgIpc) is 2.76. The van der Waals surface area contributed by atoms with E-state index in [9.17, 15) is 9.59 Å². The number of anilines is 2. The molecule has 3 aromatic rings. The Morgan fingerprint density at radius 2 is 1.57 bits per heavy atom. The lowest BCUT2D eigenvalue weighted by atomic mass is 10.1. The number of benzene rings is 3. The number of carbonyl (C=O) groups is 2. The molecule has 0 heterocycles. The minimum atomic E-state index is -0.325. The Balaban J connectivity index is 1.63. The normalized spacial score (nSPS) is 10.0. The lowest BCUT2D eigenvalue weighted by Gasteiger charge is -2.12. The van der Waals surface area contributed by atoms with Gasteiger partial charge in [0, 0.05) is 11.4 Å². The second-order valence-electron chi connectivity index (χ2n) is 6.35. The number of nitrogens with one attached hydrogen (secondary N) is 2. The molecule has 0 atom stereocenters. The van der Waals surface area contributed by atoms with Crippen molar-refractivity contribution in [3.8, 4) is 17.2 Å². The molecule has 0 saturated carbocycles. The Morgan fingerprint density at radius 1 is 0.900 bits per heavy atom. The number of hydrogen-bond acceptors (Lipinski definition) is 4. The fourth-order valence-electron chi connectivity index (χ4n) is 2.79. The average molecular weight is 402 g/mol. The third-order valence-corrected chi connectivity index (χ3v) is 4.25. The minimum absolute atomic E-state index is 0.118. The van der Waals surface area contributed by atoms with Crippen LogP contribution in [-0.4, -0.2) is 18.9 Å². The van der Waals surface area contributed by atoms with E-state index in [0.717, 1.165) is 0 Å². The van der Waals surface area contributed by atoms with Crippen LogP contribution in [0.1, 0.15) is 5.56 Å². The lowest BCUT2D eigenvalue weighted by molar-refractivity contribution is -0.115. The quantitative estimate of drug-likeness (QED) is 0.531. The van der Waals surface area contributed by atoms with Crippen molar-refractivity contribution in [1.82, 2.24) is 0 Å². The van der Waals surface area contributed by atoms with E-state index in [2.05, 4.69) is 17.2 Å². The molecule has 6 heteroatoms. The van der Waals surface area contributed by atoms with Gasteiger partial charge in [-0.3, -0.25) is 9.59 Å². The molecule has 3 aromatic carbocycles. The molecule has 3 rings (SSSR count). The molecule has 6 nitrogen and oxygen atoms in total. The zero-order valence-electron chi connectivity index (χ0n) is 16.6. The highest BCUT2D eigenvalue weighted by atomic mass is 16.5. The number of hydrogen-bond donors (Lipinski definition) is 2. The van der Waals surface area contributed by atoms with Gasteiger partial charge in [0.05, 0.1) is 13.5 Å². The molecule has 0 aromatic heterocycles. The van der Waals surface area contributed by atoms with Crippen molar-refractivity contribution >= 4 is 23.2 Å². The van der Waals surface area contributed by atoms with Crippen molar-refractivity contribution in [2.45, 2.75) is 6.42 Å². The largest absolute Gasteiger partial charge is 0.493 e. The van der Waals surface area contributed by atoms with E-state index in [1.54, 1.807) is 49.6 Å².